The van der Waals surface area contributed by atoms with Gasteiger partial charge in [0.15, 0.2) is 0 Å². The van der Waals surface area contributed by atoms with Crippen LogP contribution in [0.15, 0.2) is 24.4 Å². The fraction of sp³-hybridized carbons (Fsp3) is 0.111. The standard InChI is InChI=1S/C9H8FNO/c10-9-6(5-12)1-2-8-7(9)3-4-11-8/h1-4,11-12H,5H2. The van der Waals surface area contributed by atoms with Gasteiger partial charge < -0.3 is 10.1 Å². The highest BCUT2D eigenvalue weighted by molar-refractivity contribution is 5.80. The Balaban J connectivity index is 2.78. The maximum Gasteiger partial charge on any atom is 0.138 e. The van der Waals surface area contributed by atoms with Crippen LogP contribution in [-0.2, 0) is 6.61 Å². The summed E-state index contributed by atoms with van der Waals surface area (Å²) in [6.07, 6.45) is 1.68. The first-order valence-electron chi connectivity index (χ1n) is 3.68. The molecule has 0 aliphatic carbocycles. The summed E-state index contributed by atoms with van der Waals surface area (Å²) >= 11 is 0. The van der Waals surface area contributed by atoms with E-state index in [0.717, 1.165) is 5.52 Å². The van der Waals surface area contributed by atoms with Crippen LogP contribution < -0.4 is 0 Å². The van der Waals surface area contributed by atoms with Crippen molar-refractivity contribution in [1.82, 2.24) is 4.98 Å². The van der Waals surface area contributed by atoms with Crippen LogP contribution in [0.3, 0.4) is 0 Å². The molecule has 0 unspecified atom stereocenters. The van der Waals surface area contributed by atoms with Crippen molar-refractivity contribution < 1.29 is 9.50 Å². The maximum atomic E-state index is 13.3. The van der Waals surface area contributed by atoms with Crippen molar-refractivity contribution >= 4 is 10.9 Å². The van der Waals surface area contributed by atoms with Gasteiger partial charge in [-0.15, -0.1) is 0 Å². The molecule has 2 aromatic rings. The summed E-state index contributed by atoms with van der Waals surface area (Å²) in [6.45, 7) is -0.257. The van der Waals surface area contributed by atoms with Crippen molar-refractivity contribution in [2.45, 2.75) is 6.61 Å². The lowest BCUT2D eigenvalue weighted by Gasteiger charge is -1.98. The molecule has 0 radical (unpaired) electrons. The first-order chi connectivity index (χ1) is 5.83. The fourth-order valence-corrected chi connectivity index (χ4v) is 1.26. The number of aliphatic hydroxyl groups is 1. The van der Waals surface area contributed by atoms with Gasteiger partial charge >= 0.3 is 0 Å². The molecular formula is C9H8FNO. The summed E-state index contributed by atoms with van der Waals surface area (Å²) in [5.74, 6) is -0.337. The number of aromatic nitrogens is 1. The molecule has 0 saturated heterocycles. The van der Waals surface area contributed by atoms with Gasteiger partial charge in [-0.3, -0.25) is 0 Å². The smallest absolute Gasteiger partial charge is 0.138 e. The normalized spacial score (nSPS) is 10.8. The topological polar surface area (TPSA) is 36.0 Å². The van der Waals surface area contributed by atoms with Crippen LogP contribution in [0.2, 0.25) is 0 Å². The highest BCUT2D eigenvalue weighted by Crippen LogP contribution is 2.19. The second-order valence-corrected chi connectivity index (χ2v) is 2.64. The third-order valence-electron chi connectivity index (χ3n) is 1.92. The maximum absolute atomic E-state index is 13.3. The van der Waals surface area contributed by atoms with Crippen molar-refractivity contribution in [3.8, 4) is 0 Å². The van der Waals surface area contributed by atoms with E-state index in [-0.39, 0.29) is 12.4 Å². The Morgan fingerprint density at radius 1 is 1.33 bits per heavy atom. The van der Waals surface area contributed by atoms with Crippen LogP contribution in [0, 0.1) is 5.82 Å². The molecule has 0 aliphatic heterocycles. The van der Waals surface area contributed by atoms with Crippen LogP contribution >= 0.6 is 0 Å². The van der Waals surface area contributed by atoms with E-state index < -0.39 is 0 Å². The summed E-state index contributed by atoms with van der Waals surface area (Å²) in [6, 6.07) is 4.99. The second-order valence-electron chi connectivity index (χ2n) is 2.64. The average Bonchev–Trinajstić information content (AvgIpc) is 2.53. The lowest BCUT2D eigenvalue weighted by molar-refractivity contribution is 0.276. The number of hydrogen-bond donors (Lipinski definition) is 2. The summed E-state index contributed by atoms with van der Waals surface area (Å²) < 4.78 is 13.3. The number of H-pyrrole nitrogens is 1. The monoisotopic (exact) mass is 165 g/mol. The number of hydrogen-bond acceptors (Lipinski definition) is 1. The zero-order valence-corrected chi connectivity index (χ0v) is 6.34. The van der Waals surface area contributed by atoms with Crippen molar-refractivity contribution in [3.05, 3.63) is 35.8 Å². The molecular weight excluding hydrogens is 157 g/mol. The Labute approximate surface area is 68.6 Å². The van der Waals surface area contributed by atoms with Gasteiger partial charge in [-0.25, -0.2) is 4.39 Å². The van der Waals surface area contributed by atoms with Crippen LogP contribution in [0.25, 0.3) is 10.9 Å². The fourth-order valence-electron chi connectivity index (χ4n) is 1.26. The molecule has 2 nitrogen and oxygen atoms in total. The molecule has 1 aromatic heterocycles. The summed E-state index contributed by atoms with van der Waals surface area (Å²) in [5, 5.41) is 9.29. The zero-order chi connectivity index (χ0) is 8.55. The van der Waals surface area contributed by atoms with Crippen LogP contribution in [0.4, 0.5) is 4.39 Å². The average molecular weight is 165 g/mol. The quantitative estimate of drug-likeness (QED) is 0.664. The lowest BCUT2D eigenvalue weighted by atomic mass is 10.1. The van der Waals surface area contributed by atoms with E-state index >= 15 is 0 Å². The molecule has 1 aromatic carbocycles. The van der Waals surface area contributed by atoms with E-state index in [1.165, 1.54) is 0 Å². The Hall–Kier alpha value is -1.35. The minimum Gasteiger partial charge on any atom is -0.392 e. The predicted molar refractivity (Wildman–Crippen MR) is 44.2 cm³/mol. The minimum atomic E-state index is -0.337. The molecule has 1 heterocycles. The first kappa shape index (κ1) is 7.31. The summed E-state index contributed by atoms with van der Waals surface area (Å²) in [4.78, 5) is 2.89. The van der Waals surface area contributed by atoms with Gasteiger partial charge in [-0.1, -0.05) is 6.07 Å². The molecule has 2 rings (SSSR count). The van der Waals surface area contributed by atoms with Gasteiger partial charge in [0.05, 0.1) is 6.61 Å². The zero-order valence-electron chi connectivity index (χ0n) is 6.34. The minimum absolute atomic E-state index is 0.257. The van der Waals surface area contributed by atoms with Crippen LogP contribution in [0.5, 0.6) is 0 Å². The summed E-state index contributed by atoms with van der Waals surface area (Å²) in [5.41, 5.74) is 1.09. The van der Waals surface area contributed by atoms with Crippen molar-refractivity contribution in [2.75, 3.05) is 0 Å². The van der Waals surface area contributed by atoms with Gasteiger partial charge in [-0.2, -0.15) is 0 Å². The third-order valence-corrected chi connectivity index (χ3v) is 1.92. The van der Waals surface area contributed by atoms with Crippen LogP contribution in [-0.4, -0.2) is 10.1 Å². The third kappa shape index (κ3) is 0.905. The van der Waals surface area contributed by atoms with Crippen molar-refractivity contribution in [2.24, 2.45) is 0 Å². The van der Waals surface area contributed by atoms with E-state index in [0.29, 0.717) is 10.9 Å². The van der Waals surface area contributed by atoms with Crippen molar-refractivity contribution in [1.29, 1.82) is 0 Å². The van der Waals surface area contributed by atoms with E-state index in [2.05, 4.69) is 4.98 Å². The largest absolute Gasteiger partial charge is 0.392 e. The molecule has 0 fully saturated rings. The molecule has 0 bridgehead atoms. The number of rotatable bonds is 1. The molecule has 0 aliphatic rings. The Morgan fingerprint density at radius 2 is 2.17 bits per heavy atom. The first-order valence-corrected chi connectivity index (χ1v) is 3.68. The highest BCUT2D eigenvalue weighted by Gasteiger charge is 2.05. The molecule has 12 heavy (non-hydrogen) atoms. The molecule has 2 N–H and O–H groups in total. The van der Waals surface area contributed by atoms with Gasteiger partial charge in [0.25, 0.3) is 0 Å². The van der Waals surface area contributed by atoms with Gasteiger partial charge in [0.2, 0.25) is 0 Å². The van der Waals surface area contributed by atoms with Gasteiger partial charge in [0, 0.05) is 22.7 Å². The Bertz CT molecular complexity index is 408. The second kappa shape index (κ2) is 2.60. The molecule has 0 spiro atoms. The molecule has 62 valence electrons. The number of aliphatic hydroxyl groups excluding tert-OH is 1. The molecule has 0 atom stereocenters. The number of nitrogens with one attached hydrogen (secondary N) is 1. The molecule has 0 amide bonds. The van der Waals surface area contributed by atoms with Gasteiger partial charge in [-0.05, 0) is 12.1 Å². The van der Waals surface area contributed by atoms with Gasteiger partial charge in [0.1, 0.15) is 5.82 Å². The Morgan fingerprint density at radius 3 is 2.92 bits per heavy atom. The Kier molecular flexibility index (Phi) is 1.59. The van der Waals surface area contributed by atoms with E-state index in [9.17, 15) is 4.39 Å². The van der Waals surface area contributed by atoms with Crippen LogP contribution in [0.1, 0.15) is 5.56 Å². The molecule has 3 heteroatoms. The lowest BCUT2D eigenvalue weighted by Crippen LogP contribution is -1.89. The number of benzene rings is 1. The predicted octanol–water partition coefficient (Wildman–Crippen LogP) is 1.80. The van der Waals surface area contributed by atoms with E-state index in [4.69, 9.17) is 5.11 Å². The van der Waals surface area contributed by atoms with E-state index in [1.807, 2.05) is 0 Å². The SMILES string of the molecule is OCc1ccc2[nH]ccc2c1F. The summed E-state index contributed by atoms with van der Waals surface area (Å²) in [7, 11) is 0. The molecule has 0 saturated carbocycles. The number of fused-ring (bicyclic) bond motifs is 1. The highest BCUT2D eigenvalue weighted by atomic mass is 19.1. The number of aromatic amines is 1. The van der Waals surface area contributed by atoms with E-state index in [1.54, 1.807) is 24.4 Å². The number of halogens is 1. The van der Waals surface area contributed by atoms with Crippen molar-refractivity contribution in [3.63, 3.8) is 0 Å².